The molecule has 0 aromatic heterocycles. The number of nitrogens with one attached hydrogen (secondary N) is 5. The molecular formula is C81H117N11O15. The molecule has 14 atom stereocenters. The van der Waals surface area contributed by atoms with Crippen molar-refractivity contribution >= 4 is 59.4 Å². The Morgan fingerprint density at radius 3 is 1.05 bits per heavy atom. The Bertz CT molecular complexity index is 3610. The summed E-state index contributed by atoms with van der Waals surface area (Å²) in [6.45, 7) is 26.6. The molecular weight excluding hydrogens is 1370 g/mol. The Balaban J connectivity index is 0.000000175. The Kier molecular flexibility index (Phi) is 25.0. The Morgan fingerprint density at radius 2 is 0.738 bits per heavy atom. The van der Waals surface area contributed by atoms with Gasteiger partial charge in [0.1, 0.15) is 72.2 Å². The number of likely N-dealkylation sites (N-methyl/N-ethyl adjacent to an activating group) is 2. The summed E-state index contributed by atoms with van der Waals surface area (Å²) in [5.74, 6) is -2.36. The lowest BCUT2D eigenvalue weighted by Gasteiger charge is -2.36. The number of fused-ring (bicyclic) bond motifs is 6. The molecule has 0 saturated carbocycles. The monoisotopic (exact) mass is 1480 g/mol. The van der Waals surface area contributed by atoms with Gasteiger partial charge in [-0.1, -0.05) is 114 Å². The topological polar surface area (TPSA) is 319 Å². The van der Waals surface area contributed by atoms with Crippen molar-refractivity contribution in [3.8, 4) is 0 Å². The number of ether oxygens (including phenoxy) is 5. The van der Waals surface area contributed by atoms with Gasteiger partial charge in [0.2, 0.25) is 47.3 Å². The number of rotatable bonds is 12. The van der Waals surface area contributed by atoms with Crippen LogP contribution in [0.5, 0.6) is 0 Å². The fourth-order valence-electron chi connectivity index (χ4n) is 16.8. The molecule has 0 radical (unpaired) electrons. The van der Waals surface area contributed by atoms with Crippen molar-refractivity contribution in [3.05, 3.63) is 106 Å². The zero-order chi connectivity index (χ0) is 78.0. The van der Waals surface area contributed by atoms with Crippen LogP contribution in [0.2, 0.25) is 0 Å². The first-order valence-electron chi connectivity index (χ1n) is 38.5. The quantitative estimate of drug-likeness (QED) is 0.0990. The molecule has 0 spiro atoms. The Hall–Kier alpha value is -8.20. The highest BCUT2D eigenvalue weighted by atomic mass is 16.6. The fraction of sp³-hybridized carbons (Fsp3) is 0.654. The third-order valence-electron chi connectivity index (χ3n) is 22.7. The third kappa shape index (κ3) is 18.6. The van der Waals surface area contributed by atoms with Gasteiger partial charge < -0.3 is 70.7 Å². The SMILES string of the molecule is CC1(C)C[C@@H]2OCC[C@H](N)C(=O)N2C1C(=O)N[C@@H]1CCCc2ccccc21.C[C@@H](C(=O)N[C@H]1CCO[C@H]2CC(C)(C)[C@@H](C(=O)N[C@@H]3CCCc4ccccc43)N2C1=O)N(C)C(=O)OC(C)(C)C.C[C@@H](C(=O)N[C@H]1CCO[C@H]2CC(C)(C)[C@H](C(=O)N[C@@H]3CCCc4ccccc43)N2C1=O)N(C)C(=O)OC(C)(C)C. The smallest absolute Gasteiger partial charge is 0.410 e. The predicted octanol–water partition coefficient (Wildman–Crippen LogP) is 8.47. The molecule has 10 amide bonds. The molecule has 3 aromatic rings. The summed E-state index contributed by atoms with van der Waals surface area (Å²) in [6.07, 6.45) is 8.59. The van der Waals surface area contributed by atoms with E-state index in [0.717, 1.165) is 68.9 Å². The molecule has 586 valence electrons. The van der Waals surface area contributed by atoms with Gasteiger partial charge in [-0.05, 0) is 188 Å². The molecule has 107 heavy (non-hydrogen) atoms. The molecule has 6 fully saturated rings. The summed E-state index contributed by atoms with van der Waals surface area (Å²) in [6, 6.07) is 18.2. The molecule has 3 aliphatic carbocycles. The maximum atomic E-state index is 13.9. The molecule has 7 N–H and O–H groups in total. The summed E-state index contributed by atoms with van der Waals surface area (Å²) in [5.41, 5.74) is 10.4. The van der Waals surface area contributed by atoms with Gasteiger partial charge in [0, 0.05) is 26.9 Å². The molecule has 26 nitrogen and oxygen atoms in total. The molecule has 6 aliphatic heterocycles. The number of carbonyl (C=O) groups excluding carboxylic acids is 10. The van der Waals surface area contributed by atoms with E-state index >= 15 is 0 Å². The lowest BCUT2D eigenvalue weighted by Crippen LogP contribution is -2.58. The maximum absolute atomic E-state index is 13.9. The first kappa shape index (κ1) is 81.3. The van der Waals surface area contributed by atoms with E-state index in [0.29, 0.717) is 32.3 Å². The number of hydrogen-bond acceptors (Lipinski definition) is 16. The van der Waals surface area contributed by atoms with E-state index in [9.17, 15) is 47.9 Å². The van der Waals surface area contributed by atoms with Crippen LogP contribution in [0.25, 0.3) is 0 Å². The van der Waals surface area contributed by atoms with Gasteiger partial charge in [0.15, 0.2) is 0 Å². The number of amides is 10. The molecule has 26 heteroatoms. The van der Waals surface area contributed by atoms with Crippen LogP contribution in [0.3, 0.4) is 0 Å². The molecule has 0 bridgehead atoms. The first-order valence-corrected chi connectivity index (χ1v) is 38.5. The highest BCUT2D eigenvalue weighted by Crippen LogP contribution is 2.47. The van der Waals surface area contributed by atoms with Gasteiger partial charge in [-0.3, -0.25) is 48.2 Å². The van der Waals surface area contributed by atoms with Crippen LogP contribution >= 0.6 is 0 Å². The van der Waals surface area contributed by atoms with Gasteiger partial charge in [0.05, 0.1) is 44.0 Å². The van der Waals surface area contributed by atoms with E-state index in [4.69, 9.17) is 29.4 Å². The lowest BCUT2D eigenvalue weighted by atomic mass is 9.82. The van der Waals surface area contributed by atoms with Crippen molar-refractivity contribution in [2.75, 3.05) is 33.9 Å². The van der Waals surface area contributed by atoms with E-state index in [-0.39, 0.29) is 91.3 Å². The summed E-state index contributed by atoms with van der Waals surface area (Å²) in [5, 5.41) is 15.3. The van der Waals surface area contributed by atoms with Crippen molar-refractivity contribution < 1.29 is 71.6 Å². The molecule has 12 rings (SSSR count). The minimum Gasteiger partial charge on any atom is -0.444 e. The van der Waals surface area contributed by atoms with Crippen LogP contribution < -0.4 is 32.3 Å². The predicted molar refractivity (Wildman–Crippen MR) is 400 cm³/mol. The second-order valence-electron chi connectivity index (χ2n) is 34.6. The second-order valence-corrected chi connectivity index (χ2v) is 34.6. The number of nitrogens with zero attached hydrogens (tertiary/aromatic N) is 5. The largest absolute Gasteiger partial charge is 0.444 e. The highest BCUT2D eigenvalue weighted by molar-refractivity contribution is 5.97. The van der Waals surface area contributed by atoms with Crippen molar-refractivity contribution in [3.63, 3.8) is 0 Å². The van der Waals surface area contributed by atoms with Gasteiger partial charge in [-0.15, -0.1) is 0 Å². The lowest BCUT2D eigenvalue weighted by molar-refractivity contribution is -0.150. The van der Waals surface area contributed by atoms with Crippen LogP contribution in [0.15, 0.2) is 72.8 Å². The van der Waals surface area contributed by atoms with Crippen LogP contribution in [0, 0.1) is 16.2 Å². The number of carbonyl (C=O) groups is 10. The fourth-order valence-corrected chi connectivity index (χ4v) is 16.8. The average Bonchev–Trinajstić information content (AvgIpc) is 1.62. The third-order valence-corrected chi connectivity index (χ3v) is 22.7. The summed E-state index contributed by atoms with van der Waals surface area (Å²) >= 11 is 0. The van der Waals surface area contributed by atoms with Gasteiger partial charge in [-0.25, -0.2) is 9.59 Å². The number of benzene rings is 3. The Labute approximate surface area is 631 Å². The van der Waals surface area contributed by atoms with Crippen LogP contribution in [0.1, 0.15) is 225 Å². The summed E-state index contributed by atoms with van der Waals surface area (Å²) < 4.78 is 28.7. The van der Waals surface area contributed by atoms with E-state index in [1.165, 1.54) is 55.9 Å². The number of hydrogen-bond donors (Lipinski definition) is 6. The van der Waals surface area contributed by atoms with Gasteiger partial charge >= 0.3 is 12.2 Å². The molecule has 9 aliphatic rings. The van der Waals surface area contributed by atoms with Crippen molar-refractivity contribution in [1.82, 2.24) is 51.1 Å². The standard InChI is InChI=1S/2C30H44N4O6.C21H29N3O3/c2*1-18(33(7)28(38)40-29(2,3)4)25(35)32-22-15-16-39-23-17-30(5,6)24(34(23)27(22)37)26(36)31-21-14-10-12-19-11-8-9-13-20(19)21;1-21(2)12-17-24(20(26)15(22)10-11-27-17)18(21)19(25)23-16-9-5-7-13-6-3-4-8-14(13)16/h2*8-9,11,13,18,21-24H,10,12,14-17H2,1-7H3,(H,31,36)(H,32,35);3-4,6,8,15-18H,5,7,9-12,22H2,1-2H3,(H,23,25)/t18-,21+,22-,23-,24+;18-,21+,22-,23-,24-;15-,16+,17-,18?/m000/s1. The van der Waals surface area contributed by atoms with Crippen LogP contribution in [-0.4, -0.2) is 196 Å². The van der Waals surface area contributed by atoms with Crippen molar-refractivity contribution in [2.45, 2.75) is 290 Å². The Morgan fingerprint density at radius 1 is 0.449 bits per heavy atom. The minimum atomic E-state index is -0.883. The van der Waals surface area contributed by atoms with Gasteiger partial charge in [-0.2, -0.15) is 0 Å². The average molecular weight is 1480 g/mol. The summed E-state index contributed by atoms with van der Waals surface area (Å²) in [7, 11) is 2.97. The van der Waals surface area contributed by atoms with E-state index in [1.54, 1.807) is 60.3 Å². The maximum Gasteiger partial charge on any atom is 0.410 e. The van der Waals surface area contributed by atoms with Crippen molar-refractivity contribution in [2.24, 2.45) is 22.0 Å². The molecule has 1 unspecified atom stereocenters. The number of nitrogens with two attached hydrogens (primary N) is 1. The van der Waals surface area contributed by atoms with E-state index < -0.39 is 107 Å². The number of aryl methyl sites for hydroxylation is 3. The van der Waals surface area contributed by atoms with Gasteiger partial charge in [0.25, 0.3) is 0 Å². The molecule has 6 heterocycles. The highest BCUT2D eigenvalue weighted by Gasteiger charge is 2.58. The zero-order valence-electron chi connectivity index (χ0n) is 65.7. The van der Waals surface area contributed by atoms with E-state index in [1.807, 2.05) is 77.9 Å². The van der Waals surface area contributed by atoms with Crippen LogP contribution in [-0.2, 0) is 81.3 Å². The molecule has 3 aromatic carbocycles. The first-order chi connectivity index (χ1) is 50.3. The van der Waals surface area contributed by atoms with Crippen LogP contribution in [0.4, 0.5) is 9.59 Å². The van der Waals surface area contributed by atoms with E-state index in [2.05, 4.69) is 63.0 Å². The zero-order valence-corrected chi connectivity index (χ0v) is 65.7. The normalized spacial score (nSPS) is 28.0. The molecule has 6 saturated heterocycles. The van der Waals surface area contributed by atoms with Crippen molar-refractivity contribution in [1.29, 1.82) is 0 Å². The minimum absolute atomic E-state index is 0.00558. The second kappa shape index (κ2) is 32.9. The summed E-state index contributed by atoms with van der Waals surface area (Å²) in [4.78, 5) is 140.